The number of nitrogens with zero attached hydrogens (tertiary/aromatic N) is 2. The molecule has 0 aromatic carbocycles. The third-order valence-corrected chi connectivity index (χ3v) is 7.35. The molecule has 1 N–H and O–H groups in total. The van der Waals surface area contributed by atoms with E-state index in [0.29, 0.717) is 17.1 Å². The zero-order chi connectivity index (χ0) is 20.4. The average molecular weight is 416 g/mol. The van der Waals surface area contributed by atoms with Gasteiger partial charge in [-0.1, -0.05) is 12.8 Å². The average Bonchev–Trinajstić information content (AvgIpc) is 3.43. The molecule has 4 rings (SSSR count). The van der Waals surface area contributed by atoms with Crippen LogP contribution in [0.15, 0.2) is 0 Å². The highest BCUT2D eigenvalue weighted by Gasteiger charge is 2.39. The second-order valence-corrected chi connectivity index (χ2v) is 9.17. The van der Waals surface area contributed by atoms with E-state index in [4.69, 9.17) is 4.74 Å². The first-order chi connectivity index (χ1) is 14.1. The van der Waals surface area contributed by atoms with Gasteiger partial charge in [0.05, 0.1) is 11.5 Å². The van der Waals surface area contributed by atoms with E-state index in [1.807, 2.05) is 4.90 Å². The number of rotatable bonds is 5. The van der Waals surface area contributed by atoms with Gasteiger partial charge in [0.25, 0.3) is 5.91 Å². The maximum atomic E-state index is 12.4. The predicted molar refractivity (Wildman–Crippen MR) is 107 cm³/mol. The predicted octanol–water partition coefficient (Wildman–Crippen LogP) is 2.77. The number of thiophene rings is 1. The summed E-state index contributed by atoms with van der Waals surface area (Å²) < 4.78 is 5.19. The van der Waals surface area contributed by atoms with Gasteiger partial charge in [-0.25, -0.2) is 0 Å². The summed E-state index contributed by atoms with van der Waals surface area (Å²) in [6.07, 6.45) is 8.38. The van der Waals surface area contributed by atoms with Crippen LogP contribution < -0.4 is 5.32 Å². The Kier molecular flexibility index (Phi) is 5.86. The van der Waals surface area contributed by atoms with Crippen LogP contribution in [0.1, 0.15) is 60.9 Å². The Balaban J connectivity index is 1.30. The topological polar surface area (TPSA) is 99.5 Å². The summed E-state index contributed by atoms with van der Waals surface area (Å²) in [4.78, 5) is 39.9. The Labute approximate surface area is 174 Å². The molecule has 1 atom stereocenters. The molecule has 2 heterocycles. The van der Waals surface area contributed by atoms with Crippen LogP contribution in [0, 0.1) is 17.2 Å². The number of hydrogen-bond donors (Lipinski definition) is 1. The lowest BCUT2D eigenvalue weighted by molar-refractivity contribution is -0.151. The number of aryl methyl sites for hydroxylation is 1. The molecule has 0 bridgehead atoms. The van der Waals surface area contributed by atoms with Crippen LogP contribution >= 0.6 is 11.3 Å². The number of carbonyl (C=O) groups excluding carboxylic acids is 3. The maximum absolute atomic E-state index is 12.4. The number of likely N-dealkylation sites (tertiary alicyclic amines) is 1. The molecule has 1 saturated carbocycles. The Morgan fingerprint density at radius 3 is 2.72 bits per heavy atom. The Bertz CT molecular complexity index is 866. The Morgan fingerprint density at radius 1 is 1.21 bits per heavy atom. The first-order valence-electron chi connectivity index (χ1n) is 10.4. The van der Waals surface area contributed by atoms with Crippen LogP contribution in [0.2, 0.25) is 0 Å². The molecule has 7 nitrogen and oxygen atoms in total. The van der Waals surface area contributed by atoms with Crippen molar-refractivity contribution in [1.82, 2.24) is 4.90 Å². The quantitative estimate of drug-likeness (QED) is 0.746. The van der Waals surface area contributed by atoms with Crippen molar-refractivity contribution in [2.75, 3.05) is 18.5 Å². The SMILES string of the molecule is N#Cc1c(NC(=O)COC(=O)[C@@H]2CC(=O)N(C3CCCC3)C2)sc2c1CCCC2. The first-order valence-corrected chi connectivity index (χ1v) is 11.2. The molecule has 29 heavy (non-hydrogen) atoms. The lowest BCUT2D eigenvalue weighted by Gasteiger charge is -2.23. The van der Waals surface area contributed by atoms with Gasteiger partial charge in [-0.15, -0.1) is 11.3 Å². The van der Waals surface area contributed by atoms with Crippen molar-refractivity contribution in [2.45, 2.75) is 63.8 Å². The van der Waals surface area contributed by atoms with E-state index in [1.165, 1.54) is 11.3 Å². The number of carbonyl (C=O) groups is 3. The molecule has 1 aromatic rings. The van der Waals surface area contributed by atoms with Crippen molar-refractivity contribution in [3.05, 3.63) is 16.0 Å². The maximum Gasteiger partial charge on any atom is 0.311 e. The minimum absolute atomic E-state index is 0.00568. The van der Waals surface area contributed by atoms with Crippen molar-refractivity contribution in [3.8, 4) is 6.07 Å². The van der Waals surface area contributed by atoms with Crippen molar-refractivity contribution >= 4 is 34.1 Å². The second kappa shape index (κ2) is 8.54. The van der Waals surface area contributed by atoms with Crippen molar-refractivity contribution in [3.63, 3.8) is 0 Å². The van der Waals surface area contributed by atoms with E-state index < -0.39 is 24.4 Å². The molecule has 8 heteroatoms. The number of amides is 2. The standard InChI is InChI=1S/C21H25N3O4S/c22-10-16-15-7-3-4-8-17(15)29-20(16)23-18(25)12-28-21(27)13-9-19(26)24(11-13)14-5-1-2-6-14/h13-14H,1-9,11-12H2,(H,23,25)/t13-/m1/s1. The highest BCUT2D eigenvalue weighted by molar-refractivity contribution is 7.16. The molecule has 1 saturated heterocycles. The highest BCUT2D eigenvalue weighted by Crippen LogP contribution is 2.37. The van der Waals surface area contributed by atoms with E-state index in [2.05, 4.69) is 11.4 Å². The second-order valence-electron chi connectivity index (χ2n) is 8.07. The number of anilines is 1. The molecule has 2 aliphatic carbocycles. The molecular weight excluding hydrogens is 390 g/mol. The smallest absolute Gasteiger partial charge is 0.311 e. The molecule has 154 valence electrons. The van der Waals surface area contributed by atoms with E-state index in [-0.39, 0.29) is 18.4 Å². The molecule has 3 aliphatic rings. The summed E-state index contributed by atoms with van der Waals surface area (Å²) in [6, 6.07) is 2.45. The van der Waals surface area contributed by atoms with Gasteiger partial charge in [-0.05, 0) is 44.1 Å². The van der Waals surface area contributed by atoms with Crippen molar-refractivity contribution in [2.24, 2.45) is 5.92 Å². The number of nitriles is 1. The van der Waals surface area contributed by atoms with Gasteiger partial charge in [-0.2, -0.15) is 5.26 Å². The molecule has 1 aromatic heterocycles. The normalized spacial score (nSPS) is 21.7. The van der Waals surface area contributed by atoms with E-state index in [9.17, 15) is 19.6 Å². The molecule has 2 fully saturated rings. The van der Waals surface area contributed by atoms with Crippen LogP contribution in [-0.4, -0.2) is 41.9 Å². The molecule has 1 aliphatic heterocycles. The van der Waals surface area contributed by atoms with Gasteiger partial charge in [0.1, 0.15) is 11.1 Å². The molecule has 0 unspecified atom stereocenters. The minimum Gasteiger partial charge on any atom is -0.455 e. The fourth-order valence-electron chi connectivity index (χ4n) is 4.65. The third-order valence-electron chi connectivity index (χ3n) is 6.14. The van der Waals surface area contributed by atoms with Gasteiger partial charge in [0, 0.05) is 23.9 Å². The lowest BCUT2D eigenvalue weighted by atomic mass is 9.96. The lowest BCUT2D eigenvalue weighted by Crippen LogP contribution is -2.35. The zero-order valence-electron chi connectivity index (χ0n) is 16.4. The van der Waals surface area contributed by atoms with Gasteiger partial charge in [0.15, 0.2) is 6.61 Å². The summed E-state index contributed by atoms with van der Waals surface area (Å²) in [5.74, 6) is -1.45. The zero-order valence-corrected chi connectivity index (χ0v) is 17.2. The highest BCUT2D eigenvalue weighted by atomic mass is 32.1. The van der Waals surface area contributed by atoms with Gasteiger partial charge in [0.2, 0.25) is 5.91 Å². The van der Waals surface area contributed by atoms with E-state index >= 15 is 0 Å². The van der Waals surface area contributed by atoms with Crippen LogP contribution in [-0.2, 0) is 32.0 Å². The Hall–Kier alpha value is -2.40. The van der Waals surface area contributed by atoms with E-state index in [1.54, 1.807) is 0 Å². The minimum atomic E-state index is -0.500. The summed E-state index contributed by atoms with van der Waals surface area (Å²) in [5.41, 5.74) is 1.59. The number of esters is 1. The van der Waals surface area contributed by atoms with E-state index in [0.717, 1.165) is 61.8 Å². The van der Waals surface area contributed by atoms with Crippen LogP contribution in [0.25, 0.3) is 0 Å². The van der Waals surface area contributed by atoms with Gasteiger partial charge >= 0.3 is 5.97 Å². The number of hydrogen-bond acceptors (Lipinski definition) is 6. The van der Waals surface area contributed by atoms with Gasteiger partial charge in [-0.3, -0.25) is 14.4 Å². The first kappa shape index (κ1) is 19.9. The van der Waals surface area contributed by atoms with Crippen LogP contribution in [0.3, 0.4) is 0 Å². The van der Waals surface area contributed by atoms with Crippen molar-refractivity contribution < 1.29 is 19.1 Å². The summed E-state index contributed by atoms with van der Waals surface area (Å²) in [7, 11) is 0. The monoisotopic (exact) mass is 415 g/mol. The van der Waals surface area contributed by atoms with Crippen molar-refractivity contribution in [1.29, 1.82) is 5.26 Å². The molecule has 0 radical (unpaired) electrons. The fraction of sp³-hybridized carbons (Fsp3) is 0.619. The molecule has 2 amide bonds. The number of ether oxygens (including phenoxy) is 1. The largest absolute Gasteiger partial charge is 0.455 e. The van der Waals surface area contributed by atoms with Gasteiger partial charge < -0.3 is 15.0 Å². The number of nitrogens with one attached hydrogen (secondary N) is 1. The van der Waals surface area contributed by atoms with Crippen LogP contribution in [0.4, 0.5) is 5.00 Å². The van der Waals surface area contributed by atoms with Crippen LogP contribution in [0.5, 0.6) is 0 Å². The Morgan fingerprint density at radius 2 is 1.97 bits per heavy atom. The summed E-state index contributed by atoms with van der Waals surface area (Å²) in [5, 5.41) is 12.7. The summed E-state index contributed by atoms with van der Waals surface area (Å²) in [6.45, 7) is -0.0133. The number of fused-ring (bicyclic) bond motifs is 1. The fourth-order valence-corrected chi connectivity index (χ4v) is 5.90. The third kappa shape index (κ3) is 4.15. The summed E-state index contributed by atoms with van der Waals surface area (Å²) >= 11 is 1.44. The molecule has 0 spiro atoms. The molecular formula is C21H25N3O4S.